The summed E-state index contributed by atoms with van der Waals surface area (Å²) in [6, 6.07) is 37.5. The van der Waals surface area contributed by atoms with Gasteiger partial charge in [-0.15, -0.1) is 0 Å². The molecule has 0 aliphatic heterocycles. The van der Waals surface area contributed by atoms with Crippen LogP contribution in [0, 0.1) is 5.41 Å². The van der Waals surface area contributed by atoms with Crippen molar-refractivity contribution in [3.8, 4) is 0 Å². The second kappa shape index (κ2) is 18.3. The van der Waals surface area contributed by atoms with Gasteiger partial charge in [-0.3, -0.25) is 24.6 Å². The van der Waals surface area contributed by atoms with Gasteiger partial charge in [0.2, 0.25) is 0 Å². The number of carbonyl (C=O) groups is 4. The lowest BCUT2D eigenvalue weighted by molar-refractivity contribution is -0.165. The molecule has 0 aliphatic carbocycles. The number of anilines is 3. The summed E-state index contributed by atoms with van der Waals surface area (Å²) in [4.78, 5) is 55.0. The number of rotatable bonds is 16. The molecule has 5 aromatic rings. The first kappa shape index (κ1) is 39.4. The number of carbonyl (C=O) groups excluding carboxylic acids is 4. The second-order valence-corrected chi connectivity index (χ2v) is 12.4. The molecule has 3 atom stereocenters. The molecule has 5 aromatic carbocycles. The molecule has 0 radical (unpaired) electrons. The van der Waals surface area contributed by atoms with E-state index in [4.69, 9.17) is 25.4 Å². The van der Waals surface area contributed by atoms with Gasteiger partial charge >= 0.3 is 5.97 Å². The fourth-order valence-corrected chi connectivity index (χ4v) is 5.86. The van der Waals surface area contributed by atoms with Crippen LogP contribution in [0.4, 0.5) is 17.1 Å². The van der Waals surface area contributed by atoms with Gasteiger partial charge in [-0.1, -0.05) is 97.1 Å². The minimum absolute atomic E-state index is 0.0536. The number of nitrogens with one attached hydrogen (secondary N) is 5. The molecule has 0 bridgehead atoms. The van der Waals surface area contributed by atoms with Gasteiger partial charge in [0, 0.05) is 44.5 Å². The number of hydrogen-bond donors (Lipinski definition) is 6. The second-order valence-electron chi connectivity index (χ2n) is 12.4. The monoisotopic (exact) mass is 742 g/mol. The van der Waals surface area contributed by atoms with Crippen LogP contribution in [0.5, 0.6) is 0 Å². The molecular weight excluding hydrogens is 700 g/mol. The maximum Gasteiger partial charge on any atom is 0.305 e. The van der Waals surface area contributed by atoms with Crippen LogP contribution in [0.25, 0.3) is 0 Å². The van der Waals surface area contributed by atoms with Crippen molar-refractivity contribution in [3.63, 3.8) is 0 Å². The Hall–Kier alpha value is -6.83. The number of amides is 3. The summed E-state index contributed by atoms with van der Waals surface area (Å²) in [7, 11) is 2.80. The van der Waals surface area contributed by atoms with Gasteiger partial charge in [0.15, 0.2) is 12.2 Å². The predicted molar refractivity (Wildman–Crippen MR) is 209 cm³/mol. The van der Waals surface area contributed by atoms with Gasteiger partial charge in [-0.05, 0) is 53.1 Å². The highest BCUT2D eigenvalue weighted by Crippen LogP contribution is 2.35. The summed E-state index contributed by atoms with van der Waals surface area (Å²) >= 11 is 0. The molecule has 0 aliphatic rings. The van der Waals surface area contributed by atoms with Crippen molar-refractivity contribution in [2.24, 2.45) is 5.73 Å². The Bertz CT molecular complexity index is 2120. The van der Waals surface area contributed by atoms with Crippen molar-refractivity contribution in [2.45, 2.75) is 31.4 Å². The van der Waals surface area contributed by atoms with Crippen molar-refractivity contribution >= 4 is 46.6 Å². The fraction of sp³-hybridized carbons (Fsp3) is 0.167. The third-order valence-corrected chi connectivity index (χ3v) is 8.52. The van der Waals surface area contributed by atoms with Gasteiger partial charge in [0.1, 0.15) is 5.84 Å². The third kappa shape index (κ3) is 9.79. The minimum Gasteiger partial charge on any atom is -0.425 e. The van der Waals surface area contributed by atoms with E-state index in [1.54, 1.807) is 72.8 Å². The summed E-state index contributed by atoms with van der Waals surface area (Å²) < 4.78 is 17.0. The number of hydrogen-bond acceptors (Lipinski definition) is 9. The van der Waals surface area contributed by atoms with Gasteiger partial charge < -0.3 is 41.2 Å². The molecule has 0 spiro atoms. The lowest BCUT2D eigenvalue weighted by Crippen LogP contribution is -2.52. The third-order valence-electron chi connectivity index (χ3n) is 8.52. The van der Waals surface area contributed by atoms with Crippen LogP contribution >= 0.6 is 0 Å². The highest BCUT2D eigenvalue weighted by molar-refractivity contribution is 6.03. The van der Waals surface area contributed by atoms with Crippen LogP contribution < -0.4 is 27.0 Å². The molecule has 0 fully saturated rings. The number of methoxy groups -OCH3 is 2. The molecule has 7 N–H and O–H groups in total. The van der Waals surface area contributed by atoms with Gasteiger partial charge in [-0.2, -0.15) is 0 Å². The molecule has 3 amide bonds. The zero-order chi connectivity index (χ0) is 39.4. The Morgan fingerprint density at radius 3 is 1.69 bits per heavy atom. The van der Waals surface area contributed by atoms with E-state index < -0.39 is 41.6 Å². The van der Waals surface area contributed by atoms with Gasteiger partial charge in [0.25, 0.3) is 23.4 Å². The Balaban J connectivity index is 1.63. The van der Waals surface area contributed by atoms with E-state index in [2.05, 4.69) is 21.3 Å². The first-order chi connectivity index (χ1) is 26.5. The molecule has 0 heterocycles. The van der Waals surface area contributed by atoms with Gasteiger partial charge in [-0.25, -0.2) is 0 Å². The first-order valence-electron chi connectivity index (χ1n) is 17.2. The Morgan fingerprint density at radius 2 is 1.20 bits per heavy atom. The quantitative estimate of drug-likeness (QED) is 0.0315. The molecule has 13 heteroatoms. The van der Waals surface area contributed by atoms with Crippen LogP contribution in [0.15, 0.2) is 133 Å². The van der Waals surface area contributed by atoms with Crippen LogP contribution in [0.3, 0.4) is 0 Å². The van der Waals surface area contributed by atoms with E-state index in [0.717, 1.165) is 12.5 Å². The Kier molecular flexibility index (Phi) is 13.1. The largest absolute Gasteiger partial charge is 0.425 e. The zero-order valence-electron chi connectivity index (χ0n) is 30.5. The number of ether oxygens (including phenoxy) is 3. The molecule has 2 unspecified atom stereocenters. The van der Waals surface area contributed by atoms with Crippen LogP contribution in [-0.2, 0) is 45.7 Å². The summed E-state index contributed by atoms with van der Waals surface area (Å²) in [5, 5.41) is 19.4. The molecule has 0 saturated carbocycles. The summed E-state index contributed by atoms with van der Waals surface area (Å²) in [5.74, 6) is -2.85. The Labute approximate surface area is 318 Å². The van der Waals surface area contributed by atoms with E-state index >= 15 is 0 Å². The van der Waals surface area contributed by atoms with Crippen LogP contribution in [0.1, 0.15) is 46.9 Å². The molecule has 282 valence electrons. The number of benzene rings is 5. The average Bonchev–Trinajstić information content (AvgIpc) is 3.19. The topological polar surface area (TPSA) is 194 Å². The average molecular weight is 743 g/mol. The van der Waals surface area contributed by atoms with Crippen LogP contribution in [-0.4, -0.2) is 43.7 Å². The van der Waals surface area contributed by atoms with E-state index in [9.17, 15) is 19.2 Å². The molecular formula is C42H42N6O7. The number of amidine groups is 1. The highest BCUT2D eigenvalue weighted by atomic mass is 16.6. The molecule has 5 rings (SSSR count). The van der Waals surface area contributed by atoms with Crippen molar-refractivity contribution in [3.05, 3.63) is 161 Å². The van der Waals surface area contributed by atoms with E-state index in [1.165, 1.54) is 32.4 Å². The lowest BCUT2D eigenvalue weighted by atomic mass is 9.98. The molecule has 0 aromatic heterocycles. The summed E-state index contributed by atoms with van der Waals surface area (Å²) in [6.07, 6.45) is -2.07. The molecule has 0 saturated heterocycles. The fourth-order valence-electron chi connectivity index (χ4n) is 5.86. The Morgan fingerprint density at radius 1 is 0.691 bits per heavy atom. The van der Waals surface area contributed by atoms with E-state index in [-0.39, 0.29) is 29.3 Å². The van der Waals surface area contributed by atoms with Gasteiger partial charge in [0.05, 0.1) is 11.4 Å². The number of nitrogens with two attached hydrogens (primary N) is 1. The maximum absolute atomic E-state index is 14.5. The predicted octanol–water partition coefficient (Wildman–Crippen LogP) is 5.77. The van der Waals surface area contributed by atoms with Crippen molar-refractivity contribution in [1.29, 1.82) is 5.41 Å². The molecule has 13 nitrogen and oxygen atoms in total. The zero-order valence-corrected chi connectivity index (χ0v) is 30.5. The van der Waals surface area contributed by atoms with Crippen molar-refractivity contribution < 1.29 is 33.4 Å². The van der Waals surface area contributed by atoms with Crippen molar-refractivity contribution in [2.75, 3.05) is 30.2 Å². The normalized spacial score (nSPS) is 12.9. The molecule has 55 heavy (non-hydrogen) atoms. The van der Waals surface area contributed by atoms with E-state index in [1.807, 2.05) is 42.5 Å². The maximum atomic E-state index is 14.5. The number of nitrogen functional groups attached to an aromatic ring is 1. The first-order valence-corrected chi connectivity index (χ1v) is 17.2. The van der Waals surface area contributed by atoms with Crippen molar-refractivity contribution in [1.82, 2.24) is 5.32 Å². The summed E-state index contributed by atoms with van der Waals surface area (Å²) in [6.45, 7) is 1.24. The SMILES string of the molecule is COC(C(=O)Nc1ccc([C@](Nc2ccc(C(=N)N)cc2)(OC(C)=O)C(=O)NCc2ccccc2)cc1NC(=O)C(OC)c1ccccc1)c1ccccc1. The summed E-state index contributed by atoms with van der Waals surface area (Å²) in [5.41, 5.74) is 6.42. The van der Waals surface area contributed by atoms with E-state index in [0.29, 0.717) is 22.4 Å². The lowest BCUT2D eigenvalue weighted by Gasteiger charge is -2.34. The smallest absolute Gasteiger partial charge is 0.305 e. The standard InChI is InChI=1S/C42H42N6O7/c1-27(49)55-42(41(52)45-26-28-13-7-4-8-14-28,48-33-22-19-31(20-23-33)38(43)44)32-21-24-34(46-39(50)36(53-2)29-15-9-5-10-16-29)35(25-32)47-40(51)37(54-3)30-17-11-6-12-18-30/h4-25,36-37,48H,26H2,1-3H3,(H3,43,44)(H,45,52)(H,46,50)(H,47,51)/t36?,37?,42-/m0/s1. The minimum atomic E-state index is -2.24. The number of esters is 1. The highest BCUT2D eigenvalue weighted by Gasteiger charge is 2.45. The van der Waals surface area contributed by atoms with Crippen LogP contribution in [0.2, 0.25) is 0 Å².